The Balaban J connectivity index is 2.11. The third kappa shape index (κ3) is 4.11. The number of alkyl halides is 1. The molecule has 112 valence electrons. The molecule has 0 aromatic heterocycles. The number of hydrogen-bond donors (Lipinski definition) is 0. The van der Waals surface area contributed by atoms with Crippen LogP contribution >= 0.6 is 27.5 Å². The summed E-state index contributed by atoms with van der Waals surface area (Å²) in [7, 11) is 1.56. The van der Waals surface area contributed by atoms with Crippen molar-refractivity contribution in [1.82, 2.24) is 0 Å². The molecule has 0 radical (unpaired) electrons. The molecule has 0 spiro atoms. The zero-order chi connectivity index (χ0) is 14.5. The highest BCUT2D eigenvalue weighted by molar-refractivity contribution is 9.10. The number of rotatable bonds is 4. The van der Waals surface area contributed by atoms with Crippen molar-refractivity contribution >= 4 is 27.5 Å². The molecule has 1 saturated carbocycles. The van der Waals surface area contributed by atoms with Gasteiger partial charge in [0.1, 0.15) is 11.6 Å². The lowest BCUT2D eigenvalue weighted by atomic mass is 9.92. The van der Waals surface area contributed by atoms with Crippen LogP contribution in [0.5, 0.6) is 5.75 Å². The van der Waals surface area contributed by atoms with Crippen LogP contribution in [0, 0.1) is 11.7 Å². The summed E-state index contributed by atoms with van der Waals surface area (Å²) in [5.41, 5.74) is 0.881. The highest BCUT2D eigenvalue weighted by atomic mass is 79.9. The zero-order valence-corrected chi connectivity index (χ0v) is 14.1. The van der Waals surface area contributed by atoms with Crippen LogP contribution in [0.2, 0.25) is 0 Å². The van der Waals surface area contributed by atoms with E-state index in [0.717, 1.165) is 12.0 Å². The normalized spacial score (nSPS) is 18.6. The van der Waals surface area contributed by atoms with E-state index < -0.39 is 0 Å². The van der Waals surface area contributed by atoms with E-state index in [-0.39, 0.29) is 11.2 Å². The first-order valence-electron chi connectivity index (χ1n) is 7.28. The number of benzene rings is 1. The van der Waals surface area contributed by atoms with Crippen LogP contribution in [0.1, 0.15) is 55.9 Å². The quantitative estimate of drug-likeness (QED) is 0.454. The van der Waals surface area contributed by atoms with E-state index >= 15 is 0 Å². The second kappa shape index (κ2) is 7.65. The van der Waals surface area contributed by atoms with Gasteiger partial charge in [-0.3, -0.25) is 0 Å². The van der Waals surface area contributed by atoms with Crippen LogP contribution in [-0.2, 0) is 0 Å². The lowest BCUT2D eigenvalue weighted by Gasteiger charge is -2.20. The van der Waals surface area contributed by atoms with Crippen LogP contribution in [-0.4, -0.2) is 7.11 Å². The predicted molar refractivity (Wildman–Crippen MR) is 85.1 cm³/mol. The van der Waals surface area contributed by atoms with Crippen LogP contribution < -0.4 is 4.74 Å². The van der Waals surface area contributed by atoms with Crippen LogP contribution in [0.4, 0.5) is 4.39 Å². The number of halogens is 3. The largest absolute Gasteiger partial charge is 0.496 e. The summed E-state index contributed by atoms with van der Waals surface area (Å²) in [4.78, 5) is 0. The van der Waals surface area contributed by atoms with Crippen LogP contribution in [0.15, 0.2) is 16.6 Å². The molecule has 0 amide bonds. The van der Waals surface area contributed by atoms with Gasteiger partial charge in [0.25, 0.3) is 0 Å². The molecule has 4 heteroatoms. The third-order valence-corrected chi connectivity index (χ3v) is 5.15. The molecule has 0 N–H and O–H groups in total. The molecule has 0 bridgehead atoms. The zero-order valence-electron chi connectivity index (χ0n) is 11.8. The fourth-order valence-corrected chi connectivity index (χ4v) is 3.77. The van der Waals surface area contributed by atoms with E-state index in [4.69, 9.17) is 16.3 Å². The summed E-state index contributed by atoms with van der Waals surface area (Å²) in [6.07, 6.45) is 8.75. The molecular weight excluding hydrogens is 343 g/mol. The van der Waals surface area contributed by atoms with Crippen molar-refractivity contribution in [3.05, 3.63) is 28.0 Å². The third-order valence-electron chi connectivity index (χ3n) is 4.13. The maximum absolute atomic E-state index is 13.6. The average Bonchev–Trinajstić information content (AvgIpc) is 2.69. The summed E-state index contributed by atoms with van der Waals surface area (Å²) in [5.74, 6) is 0.900. The molecular formula is C16H21BrClFO. The Bertz CT molecular complexity index is 444. The van der Waals surface area contributed by atoms with E-state index in [1.165, 1.54) is 44.6 Å². The van der Waals surface area contributed by atoms with Gasteiger partial charge in [-0.05, 0) is 34.3 Å². The molecule has 1 atom stereocenters. The van der Waals surface area contributed by atoms with Gasteiger partial charge in [-0.15, -0.1) is 11.6 Å². The first-order chi connectivity index (χ1) is 9.61. The van der Waals surface area contributed by atoms with Crippen molar-refractivity contribution in [3.63, 3.8) is 0 Å². The fraction of sp³-hybridized carbons (Fsp3) is 0.625. The van der Waals surface area contributed by atoms with Gasteiger partial charge in [-0.2, -0.15) is 0 Å². The Labute approximate surface area is 134 Å². The molecule has 1 aromatic rings. The van der Waals surface area contributed by atoms with Gasteiger partial charge in [0.2, 0.25) is 0 Å². The molecule has 0 aliphatic heterocycles. The Hall–Kier alpha value is -0.280. The molecule has 1 aromatic carbocycles. The predicted octanol–water partition coefficient (Wildman–Crippen LogP) is 6.24. The van der Waals surface area contributed by atoms with Gasteiger partial charge < -0.3 is 4.74 Å². The minimum Gasteiger partial charge on any atom is -0.496 e. The SMILES string of the molecule is COc1cc(F)c(Br)cc1C(Cl)CC1CCCCCC1. The second-order valence-corrected chi connectivity index (χ2v) is 6.95. The molecule has 1 aliphatic rings. The second-order valence-electron chi connectivity index (χ2n) is 5.57. The fourth-order valence-electron chi connectivity index (χ4n) is 2.98. The molecule has 0 heterocycles. The van der Waals surface area contributed by atoms with E-state index in [2.05, 4.69) is 15.9 Å². The molecule has 1 fully saturated rings. The standard InChI is InChI=1S/C16H21BrClFO/c1-20-16-10-15(19)13(17)9-12(16)14(18)8-11-6-4-2-3-5-7-11/h9-11,14H,2-8H2,1H3. The Morgan fingerprint density at radius 2 is 1.95 bits per heavy atom. The molecule has 1 aliphatic carbocycles. The molecule has 20 heavy (non-hydrogen) atoms. The van der Waals surface area contributed by atoms with Crippen molar-refractivity contribution in [2.75, 3.05) is 7.11 Å². The number of ether oxygens (including phenoxy) is 1. The molecule has 2 rings (SSSR count). The topological polar surface area (TPSA) is 9.23 Å². The summed E-state index contributed by atoms with van der Waals surface area (Å²) in [6.45, 7) is 0. The minimum absolute atomic E-state index is 0.120. The summed E-state index contributed by atoms with van der Waals surface area (Å²) in [5, 5.41) is -0.120. The van der Waals surface area contributed by atoms with Crippen molar-refractivity contribution in [2.45, 2.75) is 50.3 Å². The smallest absolute Gasteiger partial charge is 0.141 e. The summed E-state index contributed by atoms with van der Waals surface area (Å²) in [6, 6.07) is 3.16. The number of methoxy groups -OCH3 is 1. The van der Waals surface area contributed by atoms with Gasteiger partial charge in [0, 0.05) is 11.6 Å². The van der Waals surface area contributed by atoms with Crippen molar-refractivity contribution < 1.29 is 9.13 Å². The average molecular weight is 364 g/mol. The number of hydrogen-bond acceptors (Lipinski definition) is 1. The highest BCUT2D eigenvalue weighted by Gasteiger charge is 2.21. The van der Waals surface area contributed by atoms with Gasteiger partial charge in [0.05, 0.1) is 17.0 Å². The lowest BCUT2D eigenvalue weighted by Crippen LogP contribution is -2.05. The van der Waals surface area contributed by atoms with Crippen molar-refractivity contribution in [1.29, 1.82) is 0 Å². The summed E-state index contributed by atoms with van der Waals surface area (Å²) >= 11 is 9.80. The molecule has 1 nitrogen and oxygen atoms in total. The monoisotopic (exact) mass is 362 g/mol. The van der Waals surface area contributed by atoms with Crippen LogP contribution in [0.25, 0.3) is 0 Å². The lowest BCUT2D eigenvalue weighted by molar-refractivity contribution is 0.392. The molecule has 1 unspecified atom stereocenters. The van der Waals surface area contributed by atoms with Gasteiger partial charge in [0.15, 0.2) is 0 Å². The van der Waals surface area contributed by atoms with E-state index in [0.29, 0.717) is 16.1 Å². The Morgan fingerprint density at radius 3 is 2.55 bits per heavy atom. The van der Waals surface area contributed by atoms with Crippen molar-refractivity contribution in [2.24, 2.45) is 5.92 Å². The highest BCUT2D eigenvalue weighted by Crippen LogP contribution is 2.39. The van der Waals surface area contributed by atoms with E-state index in [9.17, 15) is 4.39 Å². The Morgan fingerprint density at radius 1 is 1.30 bits per heavy atom. The Kier molecular flexibility index (Phi) is 6.16. The van der Waals surface area contributed by atoms with Crippen LogP contribution in [0.3, 0.4) is 0 Å². The van der Waals surface area contributed by atoms with Gasteiger partial charge in [-0.1, -0.05) is 38.5 Å². The van der Waals surface area contributed by atoms with Gasteiger partial charge >= 0.3 is 0 Å². The molecule has 0 saturated heterocycles. The summed E-state index contributed by atoms with van der Waals surface area (Å²) < 4.78 is 19.3. The maximum atomic E-state index is 13.6. The van der Waals surface area contributed by atoms with E-state index in [1.54, 1.807) is 13.2 Å². The van der Waals surface area contributed by atoms with Crippen molar-refractivity contribution in [3.8, 4) is 5.75 Å². The maximum Gasteiger partial charge on any atom is 0.141 e. The minimum atomic E-state index is -0.316. The van der Waals surface area contributed by atoms with E-state index in [1.807, 2.05) is 0 Å². The first-order valence-corrected chi connectivity index (χ1v) is 8.51. The van der Waals surface area contributed by atoms with Gasteiger partial charge in [-0.25, -0.2) is 4.39 Å². The first kappa shape index (κ1) is 16.1.